The van der Waals surface area contributed by atoms with Crippen LogP contribution in [0.25, 0.3) is 0 Å². The molecule has 190 valence electrons. The summed E-state index contributed by atoms with van der Waals surface area (Å²) >= 11 is 0. The topological polar surface area (TPSA) is 100 Å². The predicted octanol–water partition coefficient (Wildman–Crippen LogP) is 4.54. The van der Waals surface area contributed by atoms with Crippen LogP contribution in [0.5, 0.6) is 23.0 Å². The molecule has 0 fully saturated rings. The summed E-state index contributed by atoms with van der Waals surface area (Å²) in [6.07, 6.45) is 0.721. The van der Waals surface area contributed by atoms with Gasteiger partial charge >= 0.3 is 0 Å². The third-order valence-electron chi connectivity index (χ3n) is 6.32. The molecule has 2 atom stereocenters. The van der Waals surface area contributed by atoms with E-state index in [9.17, 15) is 14.3 Å². The maximum atomic E-state index is 13.6. The molecule has 0 aromatic heterocycles. The number of anilines is 1. The lowest BCUT2D eigenvalue weighted by Gasteiger charge is -2.39. The zero-order valence-electron chi connectivity index (χ0n) is 20.6. The molecule has 1 heterocycles. The number of rotatable bonds is 9. The summed E-state index contributed by atoms with van der Waals surface area (Å²) in [7, 11) is 4.65. The van der Waals surface area contributed by atoms with Crippen LogP contribution in [0.15, 0.2) is 59.5 Å². The third kappa shape index (κ3) is 4.81. The summed E-state index contributed by atoms with van der Waals surface area (Å²) in [5.41, 5.74) is 2.68. The van der Waals surface area contributed by atoms with Gasteiger partial charge in [-0.25, -0.2) is 0 Å². The molecule has 0 unspecified atom stereocenters. The van der Waals surface area contributed by atoms with Crippen molar-refractivity contribution in [3.8, 4) is 23.0 Å². The lowest BCUT2D eigenvalue weighted by atomic mass is 9.92. The Bertz CT molecular complexity index is 1300. The number of nitro benzene ring substituents is 1. The van der Waals surface area contributed by atoms with Crippen molar-refractivity contribution in [1.29, 1.82) is 0 Å². The molecule has 0 bridgehead atoms. The fourth-order valence-electron chi connectivity index (χ4n) is 4.55. The summed E-state index contributed by atoms with van der Waals surface area (Å²) in [6, 6.07) is 15.3. The molecule has 0 aliphatic carbocycles. The van der Waals surface area contributed by atoms with Gasteiger partial charge in [0.25, 0.3) is 5.69 Å². The van der Waals surface area contributed by atoms with E-state index >= 15 is 0 Å². The number of methoxy groups -OCH3 is 4. The Kier molecular flexibility index (Phi) is 7.64. The van der Waals surface area contributed by atoms with Crippen LogP contribution in [0.2, 0.25) is 0 Å². The Balaban J connectivity index is 1.81. The molecule has 36 heavy (non-hydrogen) atoms. The standard InChI is InChI=1S/C26H28N2O7S/c1-32-22-10-9-18(14-24(22)34-3)27-12-11-17-13-23(33-2)25(35-4)15-19(17)21(27)16-36(31)26-8-6-5-7-20(26)28(29)30/h5-10,13-15,21H,11-12,16H2,1-4H3/t21-,36-/m1/s1. The molecule has 0 N–H and O–H groups in total. The number of para-hydroxylation sites is 1. The smallest absolute Gasteiger partial charge is 0.285 e. The Morgan fingerprint density at radius 3 is 2.22 bits per heavy atom. The number of hydrogen-bond donors (Lipinski definition) is 0. The number of ether oxygens (including phenoxy) is 4. The third-order valence-corrected chi connectivity index (χ3v) is 7.77. The molecule has 1 aliphatic heterocycles. The van der Waals surface area contributed by atoms with Crippen LogP contribution in [-0.2, 0) is 17.2 Å². The van der Waals surface area contributed by atoms with Gasteiger partial charge in [0, 0.05) is 24.4 Å². The summed E-state index contributed by atoms with van der Waals surface area (Å²) < 4.78 is 35.5. The van der Waals surface area contributed by atoms with E-state index in [0.717, 1.165) is 23.2 Å². The van der Waals surface area contributed by atoms with Crippen LogP contribution < -0.4 is 23.8 Å². The minimum Gasteiger partial charge on any atom is -0.493 e. The van der Waals surface area contributed by atoms with E-state index in [2.05, 4.69) is 4.90 Å². The Morgan fingerprint density at radius 2 is 1.56 bits per heavy atom. The highest BCUT2D eigenvalue weighted by atomic mass is 32.2. The first kappa shape index (κ1) is 25.3. The number of hydrogen-bond acceptors (Lipinski definition) is 8. The normalized spacial score (nSPS) is 15.6. The van der Waals surface area contributed by atoms with Gasteiger partial charge in [0.15, 0.2) is 23.0 Å². The van der Waals surface area contributed by atoms with Crippen molar-refractivity contribution in [3.05, 3.63) is 75.8 Å². The van der Waals surface area contributed by atoms with Crippen LogP contribution in [0.1, 0.15) is 17.2 Å². The molecule has 3 aromatic carbocycles. The molecule has 3 aromatic rings. The van der Waals surface area contributed by atoms with Crippen LogP contribution in [-0.4, -0.2) is 49.9 Å². The van der Waals surface area contributed by atoms with Crippen molar-refractivity contribution in [1.82, 2.24) is 0 Å². The van der Waals surface area contributed by atoms with Crippen molar-refractivity contribution in [2.45, 2.75) is 17.4 Å². The SMILES string of the molecule is COc1ccc(N2CCc3cc(OC)c(OC)cc3[C@H]2C[S@@](=O)c2ccccc2[N+](=O)[O-])cc1OC. The summed E-state index contributed by atoms with van der Waals surface area (Å²) in [5, 5.41) is 11.6. The summed E-state index contributed by atoms with van der Waals surface area (Å²) in [4.78, 5) is 13.4. The van der Waals surface area contributed by atoms with E-state index in [4.69, 9.17) is 18.9 Å². The van der Waals surface area contributed by atoms with Crippen LogP contribution in [0, 0.1) is 10.1 Å². The highest BCUT2D eigenvalue weighted by Crippen LogP contribution is 2.42. The number of nitrogens with zero attached hydrogens (tertiary/aromatic N) is 2. The fourth-order valence-corrected chi connectivity index (χ4v) is 5.99. The number of fused-ring (bicyclic) bond motifs is 1. The average Bonchev–Trinajstić information content (AvgIpc) is 2.91. The minimum atomic E-state index is -1.66. The van der Waals surface area contributed by atoms with Gasteiger partial charge in [-0.2, -0.15) is 0 Å². The molecule has 0 radical (unpaired) electrons. The largest absolute Gasteiger partial charge is 0.493 e. The van der Waals surface area contributed by atoms with E-state index in [1.165, 1.54) is 6.07 Å². The van der Waals surface area contributed by atoms with Gasteiger partial charge in [-0.15, -0.1) is 0 Å². The molecule has 10 heteroatoms. The van der Waals surface area contributed by atoms with Gasteiger partial charge in [0.2, 0.25) is 0 Å². The zero-order valence-corrected chi connectivity index (χ0v) is 21.4. The first-order valence-corrected chi connectivity index (χ1v) is 12.6. The minimum absolute atomic E-state index is 0.141. The van der Waals surface area contributed by atoms with E-state index in [0.29, 0.717) is 29.5 Å². The molecule has 4 rings (SSSR count). The summed E-state index contributed by atoms with van der Waals surface area (Å²) in [6.45, 7) is 0.636. The molecular formula is C26H28N2O7S. The Morgan fingerprint density at radius 1 is 0.917 bits per heavy atom. The number of benzene rings is 3. The molecule has 0 saturated carbocycles. The van der Waals surface area contributed by atoms with E-state index < -0.39 is 15.7 Å². The lowest BCUT2D eigenvalue weighted by Crippen LogP contribution is -2.38. The average molecular weight is 513 g/mol. The molecular weight excluding hydrogens is 484 g/mol. The molecule has 9 nitrogen and oxygen atoms in total. The van der Waals surface area contributed by atoms with E-state index in [1.54, 1.807) is 46.6 Å². The van der Waals surface area contributed by atoms with Crippen LogP contribution >= 0.6 is 0 Å². The van der Waals surface area contributed by atoms with Crippen molar-refractivity contribution >= 4 is 22.2 Å². The molecule has 0 spiro atoms. The van der Waals surface area contributed by atoms with Crippen LogP contribution in [0.4, 0.5) is 11.4 Å². The second-order valence-electron chi connectivity index (χ2n) is 8.14. The van der Waals surface area contributed by atoms with Gasteiger partial charge < -0.3 is 23.8 Å². The first-order valence-electron chi connectivity index (χ1n) is 11.3. The maximum absolute atomic E-state index is 13.6. The summed E-state index contributed by atoms with van der Waals surface area (Å²) in [5.74, 6) is 2.50. The van der Waals surface area contributed by atoms with Gasteiger partial charge in [-0.3, -0.25) is 14.3 Å². The van der Waals surface area contributed by atoms with Crippen molar-refractivity contribution in [2.75, 3.05) is 45.6 Å². The first-order chi connectivity index (χ1) is 17.4. The number of nitro groups is 1. The van der Waals surface area contributed by atoms with Gasteiger partial charge in [-0.1, -0.05) is 12.1 Å². The second-order valence-corrected chi connectivity index (χ2v) is 9.61. The van der Waals surface area contributed by atoms with Crippen LogP contribution in [0.3, 0.4) is 0 Å². The zero-order chi connectivity index (χ0) is 25.8. The quantitative estimate of drug-likeness (QED) is 0.304. The lowest BCUT2D eigenvalue weighted by molar-refractivity contribution is -0.387. The predicted molar refractivity (Wildman–Crippen MR) is 137 cm³/mol. The van der Waals surface area contributed by atoms with Gasteiger partial charge in [0.1, 0.15) is 4.90 Å². The van der Waals surface area contributed by atoms with Gasteiger partial charge in [-0.05, 0) is 47.9 Å². The van der Waals surface area contributed by atoms with Gasteiger partial charge in [0.05, 0.1) is 56.0 Å². The molecule has 1 aliphatic rings. The highest BCUT2D eigenvalue weighted by molar-refractivity contribution is 7.85. The fraction of sp³-hybridized carbons (Fsp3) is 0.308. The van der Waals surface area contributed by atoms with E-state index in [1.807, 2.05) is 30.3 Å². The molecule has 0 saturated heterocycles. The monoisotopic (exact) mass is 512 g/mol. The Labute approximate surface area is 212 Å². The second kappa shape index (κ2) is 10.9. The highest BCUT2D eigenvalue weighted by Gasteiger charge is 2.33. The maximum Gasteiger partial charge on any atom is 0.285 e. The Hall–Kier alpha value is -3.79. The van der Waals surface area contributed by atoms with Crippen molar-refractivity contribution in [2.24, 2.45) is 0 Å². The van der Waals surface area contributed by atoms with Crippen molar-refractivity contribution in [3.63, 3.8) is 0 Å². The van der Waals surface area contributed by atoms with Crippen molar-refractivity contribution < 1.29 is 28.1 Å². The van der Waals surface area contributed by atoms with E-state index in [-0.39, 0.29) is 22.4 Å². The molecule has 0 amide bonds.